The van der Waals surface area contributed by atoms with E-state index >= 15 is 0 Å². The van der Waals surface area contributed by atoms with Crippen molar-refractivity contribution in [1.82, 2.24) is 25.1 Å². The van der Waals surface area contributed by atoms with Crippen LogP contribution < -0.4 is 0 Å². The number of hydrogen-bond donors (Lipinski definition) is 0. The fourth-order valence-electron chi connectivity index (χ4n) is 2.43. The Balaban J connectivity index is 1.75. The summed E-state index contributed by atoms with van der Waals surface area (Å²) in [7, 11) is 0. The Morgan fingerprint density at radius 3 is 2.64 bits per heavy atom. The normalized spacial score (nSPS) is 11.0. The Morgan fingerprint density at radius 1 is 1.04 bits per heavy atom. The van der Waals surface area contributed by atoms with Crippen LogP contribution in [-0.2, 0) is 0 Å². The molecule has 6 nitrogen and oxygen atoms in total. The highest BCUT2D eigenvalue weighted by molar-refractivity contribution is 5.58. The van der Waals surface area contributed by atoms with Gasteiger partial charge in [-0.2, -0.15) is 4.98 Å². The molecule has 4 rings (SSSR count). The molecule has 0 aliphatic heterocycles. The number of aromatic nitrogens is 5. The minimum Gasteiger partial charge on any atom is -0.332 e. The van der Waals surface area contributed by atoms with Gasteiger partial charge in [0, 0.05) is 11.6 Å². The first-order chi connectivity index (χ1) is 12.1. The number of benzene rings is 2. The predicted octanol–water partition coefficient (Wildman–Crippen LogP) is 3.57. The van der Waals surface area contributed by atoms with Crippen molar-refractivity contribution in [2.45, 2.75) is 6.92 Å². The zero-order chi connectivity index (χ0) is 17.4. The van der Waals surface area contributed by atoms with Gasteiger partial charge < -0.3 is 4.52 Å². The van der Waals surface area contributed by atoms with Crippen molar-refractivity contribution in [3.63, 3.8) is 0 Å². The SMILES string of the molecule is Cc1c(-c2nc(-c3ccccc3)no2)nnn1-c1cc(F)ccc1F. The minimum atomic E-state index is -0.614. The van der Waals surface area contributed by atoms with Gasteiger partial charge in [-0.05, 0) is 19.1 Å². The van der Waals surface area contributed by atoms with Crippen LogP contribution in [0.2, 0.25) is 0 Å². The second kappa shape index (κ2) is 5.90. The Hall–Kier alpha value is -3.42. The largest absolute Gasteiger partial charge is 0.332 e. The van der Waals surface area contributed by atoms with E-state index in [0.29, 0.717) is 17.2 Å². The standard InChI is InChI=1S/C17H11F2N5O/c1-10-15(17-20-16(22-25-17)11-5-3-2-4-6-11)21-23-24(10)14-9-12(18)7-8-13(14)19/h2-9H,1H3. The van der Waals surface area contributed by atoms with Crippen molar-refractivity contribution >= 4 is 0 Å². The molecule has 0 aliphatic carbocycles. The van der Waals surface area contributed by atoms with Gasteiger partial charge in [-0.3, -0.25) is 0 Å². The number of halogens is 2. The average Bonchev–Trinajstić information content (AvgIpc) is 3.25. The van der Waals surface area contributed by atoms with Crippen molar-refractivity contribution < 1.29 is 13.3 Å². The number of rotatable bonds is 3. The molecule has 0 unspecified atom stereocenters. The summed E-state index contributed by atoms with van der Waals surface area (Å²) in [6, 6.07) is 12.4. The second-order valence-electron chi connectivity index (χ2n) is 5.32. The Bertz CT molecular complexity index is 1040. The molecular formula is C17H11F2N5O. The van der Waals surface area contributed by atoms with Crippen molar-refractivity contribution in [1.29, 1.82) is 0 Å². The summed E-state index contributed by atoms with van der Waals surface area (Å²) in [5.41, 5.74) is 1.50. The Labute approximate surface area is 140 Å². The first-order valence-corrected chi connectivity index (χ1v) is 7.41. The van der Waals surface area contributed by atoms with E-state index in [1.807, 2.05) is 30.3 Å². The molecule has 0 aliphatic rings. The third kappa shape index (κ3) is 2.67. The van der Waals surface area contributed by atoms with E-state index in [9.17, 15) is 8.78 Å². The second-order valence-corrected chi connectivity index (χ2v) is 5.32. The summed E-state index contributed by atoms with van der Waals surface area (Å²) in [6.07, 6.45) is 0. The maximum Gasteiger partial charge on any atom is 0.280 e. The van der Waals surface area contributed by atoms with Gasteiger partial charge in [-0.15, -0.1) is 5.10 Å². The van der Waals surface area contributed by atoms with E-state index < -0.39 is 11.6 Å². The summed E-state index contributed by atoms with van der Waals surface area (Å²) < 4.78 is 33.8. The zero-order valence-electron chi connectivity index (χ0n) is 13.0. The van der Waals surface area contributed by atoms with E-state index in [2.05, 4.69) is 20.5 Å². The van der Waals surface area contributed by atoms with E-state index in [1.165, 1.54) is 4.68 Å². The molecule has 2 aromatic carbocycles. The molecule has 2 heterocycles. The summed E-state index contributed by atoms with van der Waals surface area (Å²) in [5, 5.41) is 11.8. The molecule has 8 heteroatoms. The van der Waals surface area contributed by atoms with Crippen LogP contribution in [0.1, 0.15) is 5.69 Å². The molecular weight excluding hydrogens is 328 g/mol. The average molecular weight is 339 g/mol. The highest BCUT2D eigenvalue weighted by Gasteiger charge is 2.20. The zero-order valence-corrected chi connectivity index (χ0v) is 13.0. The maximum atomic E-state index is 14.0. The first kappa shape index (κ1) is 15.1. The monoisotopic (exact) mass is 339 g/mol. The summed E-state index contributed by atoms with van der Waals surface area (Å²) in [5.74, 6) is -0.630. The Morgan fingerprint density at radius 2 is 1.84 bits per heavy atom. The highest BCUT2D eigenvalue weighted by atomic mass is 19.1. The van der Waals surface area contributed by atoms with E-state index in [-0.39, 0.29) is 11.6 Å². The van der Waals surface area contributed by atoms with Crippen LogP contribution in [0.15, 0.2) is 53.1 Å². The van der Waals surface area contributed by atoms with Gasteiger partial charge in [0.25, 0.3) is 5.89 Å². The van der Waals surface area contributed by atoms with E-state index in [0.717, 1.165) is 23.8 Å². The molecule has 124 valence electrons. The Kier molecular flexibility index (Phi) is 3.57. The molecule has 0 saturated carbocycles. The molecule has 4 aromatic rings. The summed E-state index contributed by atoms with van der Waals surface area (Å²) in [4.78, 5) is 4.30. The van der Waals surface area contributed by atoms with Crippen LogP contribution in [0.5, 0.6) is 0 Å². The highest BCUT2D eigenvalue weighted by Crippen LogP contribution is 2.25. The molecule has 25 heavy (non-hydrogen) atoms. The summed E-state index contributed by atoms with van der Waals surface area (Å²) in [6.45, 7) is 1.66. The van der Waals surface area contributed by atoms with Crippen LogP contribution in [0.4, 0.5) is 8.78 Å². The molecule has 0 amide bonds. The van der Waals surface area contributed by atoms with Gasteiger partial charge in [-0.1, -0.05) is 40.7 Å². The lowest BCUT2D eigenvalue weighted by molar-refractivity contribution is 0.430. The summed E-state index contributed by atoms with van der Waals surface area (Å²) >= 11 is 0. The van der Waals surface area contributed by atoms with Crippen LogP contribution in [0.3, 0.4) is 0 Å². The van der Waals surface area contributed by atoms with E-state index in [1.54, 1.807) is 6.92 Å². The molecule has 0 saturated heterocycles. The quantitative estimate of drug-likeness (QED) is 0.571. The fraction of sp³-hybridized carbons (Fsp3) is 0.0588. The topological polar surface area (TPSA) is 69.6 Å². The lowest BCUT2D eigenvalue weighted by atomic mass is 10.2. The fourth-order valence-corrected chi connectivity index (χ4v) is 2.43. The van der Waals surface area contributed by atoms with Crippen LogP contribution in [-0.4, -0.2) is 25.1 Å². The lowest BCUT2D eigenvalue weighted by Gasteiger charge is -2.04. The lowest BCUT2D eigenvalue weighted by Crippen LogP contribution is -2.03. The van der Waals surface area contributed by atoms with Gasteiger partial charge in [-0.25, -0.2) is 13.5 Å². The van der Waals surface area contributed by atoms with Gasteiger partial charge in [0.05, 0.1) is 5.69 Å². The molecule has 0 bridgehead atoms. The van der Waals surface area contributed by atoms with Gasteiger partial charge >= 0.3 is 0 Å². The molecule has 0 atom stereocenters. The third-order valence-electron chi connectivity index (χ3n) is 3.69. The van der Waals surface area contributed by atoms with Crippen LogP contribution in [0, 0.1) is 18.6 Å². The number of hydrogen-bond acceptors (Lipinski definition) is 5. The van der Waals surface area contributed by atoms with Gasteiger partial charge in [0.2, 0.25) is 5.82 Å². The first-order valence-electron chi connectivity index (χ1n) is 7.41. The molecule has 0 radical (unpaired) electrons. The van der Waals surface area contributed by atoms with Gasteiger partial charge in [0.1, 0.15) is 17.3 Å². The maximum absolute atomic E-state index is 14.0. The predicted molar refractivity (Wildman–Crippen MR) is 84.7 cm³/mol. The van der Waals surface area contributed by atoms with Crippen LogP contribution >= 0.6 is 0 Å². The van der Waals surface area contributed by atoms with Crippen molar-refractivity contribution in [3.8, 4) is 28.7 Å². The van der Waals surface area contributed by atoms with Gasteiger partial charge in [0.15, 0.2) is 5.69 Å². The van der Waals surface area contributed by atoms with Crippen LogP contribution in [0.25, 0.3) is 28.7 Å². The smallest absolute Gasteiger partial charge is 0.280 e. The minimum absolute atomic E-state index is 0.0425. The molecule has 0 spiro atoms. The molecule has 0 N–H and O–H groups in total. The molecule has 0 fully saturated rings. The third-order valence-corrected chi connectivity index (χ3v) is 3.69. The van der Waals surface area contributed by atoms with Crippen molar-refractivity contribution in [3.05, 3.63) is 65.9 Å². The van der Waals surface area contributed by atoms with Crippen molar-refractivity contribution in [2.24, 2.45) is 0 Å². The number of nitrogens with zero attached hydrogens (tertiary/aromatic N) is 5. The van der Waals surface area contributed by atoms with E-state index in [4.69, 9.17) is 4.52 Å². The molecule has 2 aromatic heterocycles. The van der Waals surface area contributed by atoms with Crippen molar-refractivity contribution in [2.75, 3.05) is 0 Å².